The Balaban J connectivity index is 1.93. The van der Waals surface area contributed by atoms with Crippen LogP contribution in [0.25, 0.3) is 0 Å². The molecule has 1 aromatic rings. The van der Waals surface area contributed by atoms with Gasteiger partial charge < -0.3 is 15.5 Å². The average Bonchev–Trinajstić information content (AvgIpc) is 2.44. The molecule has 0 radical (unpaired) electrons. The quantitative estimate of drug-likeness (QED) is 0.832. The van der Waals surface area contributed by atoms with E-state index in [2.05, 4.69) is 10.6 Å². The van der Waals surface area contributed by atoms with E-state index in [0.29, 0.717) is 24.3 Å². The van der Waals surface area contributed by atoms with Crippen molar-refractivity contribution in [3.8, 4) is 0 Å². The molecule has 0 unspecified atom stereocenters. The number of halogens is 4. The smallest absolute Gasteiger partial charge is 0.367 e. The number of carbonyl (C=O) groups excluding carboxylic acids is 1. The third kappa shape index (κ3) is 4.87. The van der Waals surface area contributed by atoms with Crippen LogP contribution in [0, 0.1) is 5.82 Å². The second-order valence-electron chi connectivity index (χ2n) is 5.09. The third-order valence-corrected chi connectivity index (χ3v) is 3.32. The molecule has 1 fully saturated rings. The molecule has 0 saturated carbocycles. The fourth-order valence-corrected chi connectivity index (χ4v) is 2.27. The zero-order valence-electron chi connectivity index (χ0n) is 11.8. The van der Waals surface area contributed by atoms with E-state index < -0.39 is 24.3 Å². The number of alkyl halides is 3. The number of nitrogens with zero attached hydrogens (tertiary/aromatic N) is 1. The molecular weight excluding hydrogens is 302 g/mol. The molecule has 4 nitrogen and oxygen atoms in total. The van der Waals surface area contributed by atoms with Crippen LogP contribution in [-0.4, -0.2) is 38.3 Å². The van der Waals surface area contributed by atoms with E-state index in [9.17, 15) is 22.4 Å². The third-order valence-electron chi connectivity index (χ3n) is 3.32. The minimum atomic E-state index is -4.54. The highest BCUT2D eigenvalue weighted by atomic mass is 19.4. The summed E-state index contributed by atoms with van der Waals surface area (Å²) >= 11 is 0. The minimum absolute atomic E-state index is 0.131. The van der Waals surface area contributed by atoms with Crippen LogP contribution in [0.4, 0.5) is 23.2 Å². The van der Waals surface area contributed by atoms with Gasteiger partial charge in [-0.05, 0) is 17.7 Å². The van der Waals surface area contributed by atoms with Crippen LogP contribution in [0.5, 0.6) is 0 Å². The van der Waals surface area contributed by atoms with Crippen LogP contribution in [0.3, 0.4) is 0 Å². The second kappa shape index (κ2) is 6.95. The highest BCUT2D eigenvalue weighted by molar-refractivity contribution is 5.76. The van der Waals surface area contributed by atoms with Crippen LogP contribution in [0.1, 0.15) is 12.0 Å². The van der Waals surface area contributed by atoms with E-state index in [1.165, 1.54) is 6.07 Å². The van der Waals surface area contributed by atoms with Gasteiger partial charge in [-0.3, -0.25) is 4.79 Å². The molecule has 0 atom stereocenters. The van der Waals surface area contributed by atoms with Crippen LogP contribution >= 0.6 is 0 Å². The molecule has 0 spiro atoms. The fourth-order valence-electron chi connectivity index (χ4n) is 2.27. The Morgan fingerprint density at radius 3 is 2.55 bits per heavy atom. The Hall–Kier alpha value is -1.83. The molecule has 1 aromatic carbocycles. The summed E-state index contributed by atoms with van der Waals surface area (Å²) in [5, 5.41) is 5.30. The number of benzene rings is 1. The summed E-state index contributed by atoms with van der Waals surface area (Å²) in [6.07, 6.45) is -6.07. The summed E-state index contributed by atoms with van der Waals surface area (Å²) in [6.45, 7) is 2.80. The van der Waals surface area contributed by atoms with Crippen LogP contribution in [0.2, 0.25) is 0 Å². The summed E-state index contributed by atoms with van der Waals surface area (Å²) < 4.78 is 50.1. The van der Waals surface area contributed by atoms with Gasteiger partial charge in [-0.15, -0.1) is 0 Å². The molecule has 8 heteroatoms. The Kier molecular flexibility index (Phi) is 5.23. The Morgan fingerprint density at radius 2 is 1.95 bits per heavy atom. The fraction of sp³-hybridized carbons (Fsp3) is 0.500. The molecular formula is C14H17F4N3O. The number of hydrogen-bond donors (Lipinski definition) is 2. The SMILES string of the molecule is O=C(CC(F)(F)F)NCc1ccc(N2CCNCC2)c(F)c1. The number of anilines is 1. The maximum absolute atomic E-state index is 14.1. The zero-order chi connectivity index (χ0) is 16.2. The molecule has 0 aromatic heterocycles. The van der Waals surface area contributed by atoms with Crippen molar-refractivity contribution < 1.29 is 22.4 Å². The number of hydrogen-bond acceptors (Lipinski definition) is 3. The molecule has 1 heterocycles. The van der Waals surface area contributed by atoms with Gasteiger partial charge in [0.15, 0.2) is 0 Å². The van der Waals surface area contributed by atoms with Gasteiger partial charge in [-0.25, -0.2) is 4.39 Å². The lowest BCUT2D eigenvalue weighted by atomic mass is 10.1. The van der Waals surface area contributed by atoms with Gasteiger partial charge in [-0.1, -0.05) is 6.07 Å². The molecule has 2 rings (SSSR count). The first kappa shape index (κ1) is 16.5. The summed E-state index contributed by atoms with van der Waals surface area (Å²) in [5.41, 5.74) is 0.888. The largest absolute Gasteiger partial charge is 0.397 e. The van der Waals surface area contributed by atoms with Gasteiger partial charge in [0.2, 0.25) is 5.91 Å². The number of nitrogens with one attached hydrogen (secondary N) is 2. The van der Waals surface area contributed by atoms with Gasteiger partial charge >= 0.3 is 6.18 Å². The van der Waals surface area contributed by atoms with Crippen molar-refractivity contribution in [2.45, 2.75) is 19.1 Å². The first-order chi connectivity index (χ1) is 10.3. The predicted octanol–water partition coefficient (Wildman–Crippen LogP) is 1.80. The summed E-state index contributed by atoms with van der Waals surface area (Å²) in [5.74, 6) is -1.57. The molecule has 1 aliphatic rings. The van der Waals surface area contributed by atoms with Crippen LogP contribution in [-0.2, 0) is 11.3 Å². The maximum atomic E-state index is 14.1. The second-order valence-corrected chi connectivity index (χ2v) is 5.09. The van der Waals surface area contributed by atoms with E-state index >= 15 is 0 Å². The van der Waals surface area contributed by atoms with Crippen molar-refractivity contribution in [3.63, 3.8) is 0 Å². The Bertz CT molecular complexity index is 527. The molecule has 1 aliphatic heterocycles. The van der Waals surface area contributed by atoms with E-state index in [1.807, 2.05) is 4.90 Å². The predicted molar refractivity (Wildman–Crippen MR) is 74.0 cm³/mol. The van der Waals surface area contributed by atoms with Gasteiger partial charge in [0, 0.05) is 32.7 Å². The van der Waals surface area contributed by atoms with E-state index in [4.69, 9.17) is 0 Å². The highest BCUT2D eigenvalue weighted by Gasteiger charge is 2.30. The van der Waals surface area contributed by atoms with Crippen molar-refractivity contribution in [1.29, 1.82) is 0 Å². The monoisotopic (exact) mass is 319 g/mol. The van der Waals surface area contributed by atoms with Gasteiger partial charge in [0.05, 0.1) is 5.69 Å². The first-order valence-corrected chi connectivity index (χ1v) is 6.93. The van der Waals surface area contributed by atoms with Crippen LogP contribution in [0.15, 0.2) is 18.2 Å². The normalized spacial score (nSPS) is 15.7. The van der Waals surface area contributed by atoms with Gasteiger partial charge in [-0.2, -0.15) is 13.2 Å². The number of carbonyl (C=O) groups is 1. The van der Waals surface area contributed by atoms with E-state index in [0.717, 1.165) is 13.1 Å². The zero-order valence-corrected chi connectivity index (χ0v) is 11.8. The molecule has 2 N–H and O–H groups in total. The summed E-state index contributed by atoms with van der Waals surface area (Å²) in [7, 11) is 0. The van der Waals surface area contributed by atoms with E-state index in [-0.39, 0.29) is 6.54 Å². The van der Waals surface area contributed by atoms with Crippen LogP contribution < -0.4 is 15.5 Å². The average molecular weight is 319 g/mol. The van der Waals surface area contributed by atoms with E-state index in [1.54, 1.807) is 12.1 Å². The van der Waals surface area contributed by atoms with Crippen molar-refractivity contribution in [2.24, 2.45) is 0 Å². The standard InChI is InChI=1S/C14H17F4N3O/c15-11-7-10(9-20-13(22)8-14(16,17)18)1-2-12(11)21-5-3-19-4-6-21/h1-2,7,19H,3-6,8-9H2,(H,20,22). The molecule has 1 saturated heterocycles. The lowest BCUT2D eigenvalue weighted by Gasteiger charge is -2.29. The van der Waals surface area contributed by atoms with Crippen molar-refractivity contribution in [1.82, 2.24) is 10.6 Å². The minimum Gasteiger partial charge on any atom is -0.367 e. The highest BCUT2D eigenvalue weighted by Crippen LogP contribution is 2.21. The molecule has 122 valence electrons. The van der Waals surface area contributed by atoms with Gasteiger partial charge in [0.25, 0.3) is 0 Å². The molecule has 0 bridgehead atoms. The van der Waals surface area contributed by atoms with Crippen molar-refractivity contribution >= 4 is 11.6 Å². The maximum Gasteiger partial charge on any atom is 0.397 e. The topological polar surface area (TPSA) is 44.4 Å². The molecule has 22 heavy (non-hydrogen) atoms. The lowest BCUT2D eigenvalue weighted by molar-refractivity contribution is -0.153. The summed E-state index contributed by atoms with van der Waals surface area (Å²) in [6, 6.07) is 4.44. The molecule has 1 amide bonds. The lowest BCUT2D eigenvalue weighted by Crippen LogP contribution is -2.43. The molecule has 0 aliphatic carbocycles. The van der Waals surface area contributed by atoms with Gasteiger partial charge in [0.1, 0.15) is 12.2 Å². The Morgan fingerprint density at radius 1 is 1.27 bits per heavy atom. The number of piperazine rings is 1. The summed E-state index contributed by atoms with van der Waals surface area (Å²) in [4.78, 5) is 13.0. The van der Waals surface area contributed by atoms with Crippen molar-refractivity contribution in [2.75, 3.05) is 31.1 Å². The van der Waals surface area contributed by atoms with Crippen molar-refractivity contribution in [3.05, 3.63) is 29.6 Å². The Labute approximate surface area is 125 Å². The first-order valence-electron chi connectivity index (χ1n) is 6.93. The number of amides is 1. The number of rotatable bonds is 4.